The Morgan fingerprint density at radius 1 is 0.453 bits per heavy atom. The number of hydrogen-bond acceptors (Lipinski definition) is 11. The fraction of sp³-hybridized carbons (Fsp3) is 0.587. The van der Waals surface area contributed by atoms with Crippen molar-refractivity contribution >= 4 is 23.9 Å². The van der Waals surface area contributed by atoms with Gasteiger partial charge in [0.25, 0.3) is 0 Å². The van der Waals surface area contributed by atoms with E-state index in [1.165, 1.54) is 0 Å². The van der Waals surface area contributed by atoms with Crippen LogP contribution in [0.15, 0.2) is 134 Å². The average molecular weight is 1050 g/mol. The zero-order valence-electron chi connectivity index (χ0n) is 46.0. The molecule has 75 heavy (non-hydrogen) atoms. The number of esters is 3. The third-order valence-corrected chi connectivity index (χ3v) is 11.7. The Kier molecular flexibility index (Phi) is 45.0. The molecule has 420 valence electrons. The molecule has 1 heterocycles. The molecular weight excluding hydrogens is 949 g/mol. The zero-order chi connectivity index (χ0) is 54.7. The van der Waals surface area contributed by atoms with Crippen LogP contribution in [0.25, 0.3) is 0 Å². The van der Waals surface area contributed by atoms with Gasteiger partial charge in [0.05, 0.1) is 6.61 Å². The highest BCUT2D eigenvalue weighted by molar-refractivity contribution is 5.74. The molecule has 12 heteroatoms. The number of hydrogen-bond donors (Lipinski definition) is 3. The molecule has 3 N–H and O–H groups in total. The number of aliphatic carboxylic acids is 1. The lowest BCUT2D eigenvalue weighted by Crippen LogP contribution is -2.61. The normalized spacial score (nSPS) is 19.2. The van der Waals surface area contributed by atoms with Crippen LogP contribution in [0.5, 0.6) is 0 Å². The van der Waals surface area contributed by atoms with Gasteiger partial charge < -0.3 is 39.0 Å². The number of rotatable bonds is 45. The molecule has 1 rings (SSSR count). The van der Waals surface area contributed by atoms with E-state index < -0.39 is 67.3 Å². The molecule has 0 aliphatic carbocycles. The minimum atomic E-state index is -1.93. The van der Waals surface area contributed by atoms with E-state index >= 15 is 0 Å². The maximum atomic E-state index is 13.1. The second-order valence-electron chi connectivity index (χ2n) is 18.4. The summed E-state index contributed by atoms with van der Waals surface area (Å²) in [5, 5.41) is 31.4. The minimum Gasteiger partial charge on any atom is -0.479 e. The summed E-state index contributed by atoms with van der Waals surface area (Å²) in [6.45, 7) is 5.59. The van der Waals surface area contributed by atoms with Crippen LogP contribution in [-0.2, 0) is 42.9 Å². The average Bonchev–Trinajstić information content (AvgIpc) is 3.39. The lowest BCUT2D eigenvalue weighted by molar-refractivity contribution is -0.301. The number of allylic oxidation sites excluding steroid dienone is 22. The van der Waals surface area contributed by atoms with Crippen molar-refractivity contribution in [1.29, 1.82) is 0 Å². The second-order valence-corrected chi connectivity index (χ2v) is 18.4. The number of aliphatic hydroxyl groups excluding tert-OH is 2. The van der Waals surface area contributed by atoms with Gasteiger partial charge in [0.15, 0.2) is 24.6 Å². The molecule has 6 atom stereocenters. The van der Waals surface area contributed by atoms with Gasteiger partial charge in [-0.25, -0.2) is 4.79 Å². The molecule has 0 aromatic rings. The molecule has 1 saturated heterocycles. The Labute approximate surface area is 451 Å². The fourth-order valence-electron chi connectivity index (χ4n) is 7.43. The van der Waals surface area contributed by atoms with E-state index in [-0.39, 0.29) is 25.9 Å². The van der Waals surface area contributed by atoms with Crippen LogP contribution in [-0.4, -0.2) is 89.2 Å². The number of carboxylic acids is 1. The van der Waals surface area contributed by atoms with E-state index in [0.29, 0.717) is 32.1 Å². The Hall–Kier alpha value is -5.14. The Bertz CT molecular complexity index is 1810. The molecule has 0 saturated carbocycles. The molecule has 1 aliphatic heterocycles. The SMILES string of the molecule is CC/C=C\C/C=C\C/C=C\C/C=C\C/C=C\CCCC(=O)OCC(COC1OC(C(=O)O)C(O)C(O)C1OC(=O)CCCC/C=C\C/C=C\C/C=C\C/C=C\CC)OC(=O)CCCCCCC/C=C\C/C=C\CCC. The molecular formula is C63H96O12. The number of carboxylic acid groups (broad SMARTS) is 1. The molecule has 0 aromatic carbocycles. The summed E-state index contributed by atoms with van der Waals surface area (Å²) in [4.78, 5) is 51.0. The first-order valence-corrected chi connectivity index (χ1v) is 28.2. The van der Waals surface area contributed by atoms with E-state index in [1.807, 2.05) is 6.08 Å². The molecule has 0 aromatic heterocycles. The van der Waals surface area contributed by atoms with Gasteiger partial charge >= 0.3 is 23.9 Å². The van der Waals surface area contributed by atoms with Crippen molar-refractivity contribution in [2.75, 3.05) is 13.2 Å². The van der Waals surface area contributed by atoms with Crippen LogP contribution < -0.4 is 0 Å². The number of unbranched alkanes of at least 4 members (excludes halogenated alkanes) is 9. The summed E-state index contributed by atoms with van der Waals surface area (Å²) >= 11 is 0. The monoisotopic (exact) mass is 1040 g/mol. The molecule has 12 nitrogen and oxygen atoms in total. The number of ether oxygens (including phenoxy) is 5. The van der Waals surface area contributed by atoms with Crippen molar-refractivity contribution in [2.24, 2.45) is 0 Å². The van der Waals surface area contributed by atoms with Gasteiger partial charge in [0.2, 0.25) is 0 Å². The summed E-state index contributed by atoms with van der Waals surface area (Å²) < 4.78 is 28.2. The molecule has 6 unspecified atom stereocenters. The molecule has 1 aliphatic rings. The van der Waals surface area contributed by atoms with Gasteiger partial charge in [-0.05, 0) is 122 Å². The highest BCUT2D eigenvalue weighted by Crippen LogP contribution is 2.26. The van der Waals surface area contributed by atoms with Crippen molar-refractivity contribution in [3.63, 3.8) is 0 Å². The summed E-state index contributed by atoms with van der Waals surface area (Å²) in [5.74, 6) is -3.30. The van der Waals surface area contributed by atoms with E-state index in [4.69, 9.17) is 23.7 Å². The van der Waals surface area contributed by atoms with Crippen LogP contribution >= 0.6 is 0 Å². The number of carbonyl (C=O) groups excluding carboxylic acids is 3. The smallest absolute Gasteiger partial charge is 0.335 e. The van der Waals surface area contributed by atoms with Crippen LogP contribution in [0.3, 0.4) is 0 Å². The van der Waals surface area contributed by atoms with Gasteiger partial charge in [-0.2, -0.15) is 0 Å². The van der Waals surface area contributed by atoms with Crippen molar-refractivity contribution < 1.29 is 58.2 Å². The quantitative estimate of drug-likeness (QED) is 0.0228. The van der Waals surface area contributed by atoms with Crippen molar-refractivity contribution in [2.45, 2.75) is 225 Å². The van der Waals surface area contributed by atoms with Gasteiger partial charge in [-0.1, -0.05) is 180 Å². The number of carbonyl (C=O) groups is 4. The molecule has 0 radical (unpaired) electrons. The Morgan fingerprint density at radius 3 is 1.35 bits per heavy atom. The topological polar surface area (TPSA) is 175 Å². The van der Waals surface area contributed by atoms with Gasteiger partial charge in [-0.3, -0.25) is 14.4 Å². The predicted molar refractivity (Wildman–Crippen MR) is 303 cm³/mol. The first-order valence-electron chi connectivity index (χ1n) is 28.2. The first kappa shape index (κ1) is 67.9. The van der Waals surface area contributed by atoms with E-state index in [9.17, 15) is 34.5 Å². The van der Waals surface area contributed by atoms with Gasteiger partial charge in [-0.15, -0.1) is 0 Å². The third kappa shape index (κ3) is 39.9. The Balaban J connectivity index is 2.79. The molecule has 0 amide bonds. The minimum absolute atomic E-state index is 0.00670. The second kappa shape index (κ2) is 49.7. The Morgan fingerprint density at radius 2 is 0.853 bits per heavy atom. The van der Waals surface area contributed by atoms with Gasteiger partial charge in [0, 0.05) is 19.3 Å². The summed E-state index contributed by atoms with van der Waals surface area (Å²) in [7, 11) is 0. The number of aliphatic hydroxyl groups is 2. The summed E-state index contributed by atoms with van der Waals surface area (Å²) in [6, 6.07) is 0. The van der Waals surface area contributed by atoms with Crippen molar-refractivity contribution in [1.82, 2.24) is 0 Å². The van der Waals surface area contributed by atoms with E-state index in [0.717, 1.165) is 116 Å². The summed E-state index contributed by atoms with van der Waals surface area (Å²) in [5.41, 5.74) is 0. The maximum Gasteiger partial charge on any atom is 0.335 e. The van der Waals surface area contributed by atoms with E-state index in [2.05, 4.69) is 148 Å². The lowest BCUT2D eigenvalue weighted by Gasteiger charge is -2.40. The first-order chi connectivity index (χ1) is 36.6. The van der Waals surface area contributed by atoms with Crippen LogP contribution in [0, 0.1) is 0 Å². The standard InChI is InChI=1S/C63H96O12/c1-4-7-10-13-16-19-22-25-27-28-30-32-34-37-40-43-46-49-55(64)71-52-54(73-56(65)50-47-44-41-38-35-31-24-21-18-15-12-9-6-3)53-72-63-61(59(68)58(67)60(75-63)62(69)70)74-57(66)51-48-45-42-39-36-33-29-26-23-20-17-14-11-8-5-2/h7-8,10-12,15-17,19-21,24-27,29-30,32,36-37,39-40,54,58-61,63,67-68H,4-6,9,13-14,18,22-23,28,31,33-35,38,41-53H2,1-3H3,(H,69,70)/b10-7-,11-8-,15-12-,19-16-,20-17-,24-21-,27-25-,29-26-,32-30-,39-36-,40-37-. The zero-order valence-corrected chi connectivity index (χ0v) is 46.0. The lowest BCUT2D eigenvalue weighted by atomic mass is 9.98. The molecule has 1 fully saturated rings. The molecule has 0 bridgehead atoms. The predicted octanol–water partition coefficient (Wildman–Crippen LogP) is 14.2. The highest BCUT2D eigenvalue weighted by Gasteiger charge is 2.50. The van der Waals surface area contributed by atoms with Crippen LogP contribution in [0.2, 0.25) is 0 Å². The van der Waals surface area contributed by atoms with Crippen molar-refractivity contribution in [3.8, 4) is 0 Å². The highest BCUT2D eigenvalue weighted by atomic mass is 16.7. The van der Waals surface area contributed by atoms with Crippen LogP contribution in [0.1, 0.15) is 188 Å². The fourth-order valence-corrected chi connectivity index (χ4v) is 7.43. The maximum absolute atomic E-state index is 13.1. The van der Waals surface area contributed by atoms with Crippen molar-refractivity contribution in [3.05, 3.63) is 134 Å². The van der Waals surface area contributed by atoms with Crippen LogP contribution in [0.4, 0.5) is 0 Å². The van der Waals surface area contributed by atoms with Gasteiger partial charge in [0.1, 0.15) is 18.8 Å². The summed E-state index contributed by atoms with van der Waals surface area (Å²) in [6.07, 6.45) is 57.2. The van der Waals surface area contributed by atoms with E-state index in [1.54, 1.807) is 0 Å². The third-order valence-electron chi connectivity index (χ3n) is 11.7. The largest absolute Gasteiger partial charge is 0.479 e. The molecule has 0 spiro atoms.